The van der Waals surface area contributed by atoms with Gasteiger partial charge in [0, 0.05) is 6.42 Å². The molecule has 1 atom stereocenters. The number of unbranched alkanes of at least 4 members (excludes halogenated alkanes) is 1. The van der Waals surface area contributed by atoms with Crippen LogP contribution in [0.25, 0.3) is 0 Å². The number of hydrogen-bond donors (Lipinski definition) is 2. The largest absolute Gasteiger partial charge is 0.481 e. The highest BCUT2D eigenvalue weighted by molar-refractivity contribution is 5.76. The van der Waals surface area contributed by atoms with Crippen LogP contribution >= 0.6 is 0 Å². The maximum atomic E-state index is 11.2. The third-order valence-electron chi connectivity index (χ3n) is 2.91. The SMILES string of the molecule is Cc1ccc(C(CCCCC(=O)O)C(=O)O)cc1. The highest BCUT2D eigenvalue weighted by Crippen LogP contribution is 2.23. The van der Waals surface area contributed by atoms with Crippen LogP contribution in [0.2, 0.25) is 0 Å². The number of aliphatic carboxylic acids is 2. The van der Waals surface area contributed by atoms with Crippen molar-refractivity contribution in [1.29, 1.82) is 0 Å². The van der Waals surface area contributed by atoms with Crippen molar-refractivity contribution >= 4 is 11.9 Å². The second-order valence-corrected chi connectivity index (χ2v) is 4.44. The van der Waals surface area contributed by atoms with Gasteiger partial charge in [0.25, 0.3) is 0 Å². The van der Waals surface area contributed by atoms with Crippen LogP contribution in [-0.2, 0) is 9.59 Å². The van der Waals surface area contributed by atoms with Crippen LogP contribution in [0.15, 0.2) is 24.3 Å². The first kappa shape index (κ1) is 14.2. The summed E-state index contributed by atoms with van der Waals surface area (Å²) in [5, 5.41) is 17.7. The van der Waals surface area contributed by atoms with Crippen molar-refractivity contribution in [3.63, 3.8) is 0 Å². The molecule has 0 saturated carbocycles. The molecule has 0 radical (unpaired) electrons. The van der Waals surface area contributed by atoms with E-state index in [1.54, 1.807) is 0 Å². The lowest BCUT2D eigenvalue weighted by Crippen LogP contribution is -2.11. The minimum atomic E-state index is -0.853. The van der Waals surface area contributed by atoms with E-state index in [2.05, 4.69) is 0 Å². The number of carboxylic acids is 2. The van der Waals surface area contributed by atoms with E-state index in [1.807, 2.05) is 31.2 Å². The fraction of sp³-hybridized carbons (Fsp3) is 0.429. The van der Waals surface area contributed by atoms with Crippen LogP contribution in [-0.4, -0.2) is 22.2 Å². The smallest absolute Gasteiger partial charge is 0.310 e. The monoisotopic (exact) mass is 250 g/mol. The molecule has 1 rings (SSSR count). The van der Waals surface area contributed by atoms with Gasteiger partial charge in [-0.1, -0.05) is 36.2 Å². The van der Waals surface area contributed by atoms with E-state index in [4.69, 9.17) is 5.11 Å². The first-order valence-electron chi connectivity index (χ1n) is 6.02. The molecule has 0 aliphatic heterocycles. The first-order valence-corrected chi connectivity index (χ1v) is 6.02. The van der Waals surface area contributed by atoms with Crippen LogP contribution in [0.5, 0.6) is 0 Å². The summed E-state index contributed by atoms with van der Waals surface area (Å²) < 4.78 is 0. The third kappa shape index (κ3) is 4.57. The molecule has 0 spiro atoms. The van der Waals surface area contributed by atoms with Gasteiger partial charge in [0.2, 0.25) is 0 Å². The highest BCUT2D eigenvalue weighted by atomic mass is 16.4. The molecular formula is C14H18O4. The van der Waals surface area contributed by atoms with Gasteiger partial charge < -0.3 is 10.2 Å². The van der Waals surface area contributed by atoms with Gasteiger partial charge in [-0.15, -0.1) is 0 Å². The van der Waals surface area contributed by atoms with E-state index < -0.39 is 17.9 Å². The zero-order valence-electron chi connectivity index (χ0n) is 10.4. The van der Waals surface area contributed by atoms with Crippen molar-refractivity contribution in [3.05, 3.63) is 35.4 Å². The molecule has 4 heteroatoms. The zero-order valence-corrected chi connectivity index (χ0v) is 10.4. The molecule has 0 aromatic heterocycles. The van der Waals surface area contributed by atoms with Crippen molar-refractivity contribution in [2.75, 3.05) is 0 Å². The van der Waals surface area contributed by atoms with Gasteiger partial charge in [0.05, 0.1) is 5.92 Å². The summed E-state index contributed by atoms with van der Waals surface area (Å²) in [6.45, 7) is 1.95. The maximum absolute atomic E-state index is 11.2. The Kier molecular flexibility index (Phi) is 5.36. The number of rotatable bonds is 7. The van der Waals surface area contributed by atoms with Gasteiger partial charge in [0.15, 0.2) is 0 Å². The molecule has 0 bridgehead atoms. The van der Waals surface area contributed by atoms with Gasteiger partial charge in [-0.05, 0) is 25.3 Å². The summed E-state index contributed by atoms with van der Waals surface area (Å²) in [5.74, 6) is -2.23. The van der Waals surface area contributed by atoms with Crippen LogP contribution in [0.4, 0.5) is 0 Å². The van der Waals surface area contributed by atoms with Crippen LogP contribution in [0.3, 0.4) is 0 Å². The average molecular weight is 250 g/mol. The molecule has 18 heavy (non-hydrogen) atoms. The summed E-state index contributed by atoms with van der Waals surface area (Å²) in [5.41, 5.74) is 1.87. The predicted molar refractivity (Wildman–Crippen MR) is 67.7 cm³/mol. The molecular weight excluding hydrogens is 232 g/mol. The molecule has 1 unspecified atom stereocenters. The number of carbonyl (C=O) groups is 2. The fourth-order valence-electron chi connectivity index (χ4n) is 1.86. The normalized spacial score (nSPS) is 12.1. The van der Waals surface area contributed by atoms with E-state index in [9.17, 15) is 14.7 Å². The molecule has 0 aliphatic carbocycles. The number of carboxylic acid groups (broad SMARTS) is 2. The molecule has 4 nitrogen and oxygen atoms in total. The topological polar surface area (TPSA) is 74.6 Å². The number of benzene rings is 1. The molecule has 0 aliphatic rings. The van der Waals surface area contributed by atoms with Crippen LogP contribution in [0, 0.1) is 6.92 Å². The first-order chi connectivity index (χ1) is 8.50. The molecule has 0 saturated heterocycles. The van der Waals surface area contributed by atoms with Crippen molar-refractivity contribution < 1.29 is 19.8 Å². The Morgan fingerprint density at radius 2 is 1.72 bits per heavy atom. The number of hydrogen-bond acceptors (Lipinski definition) is 2. The van der Waals surface area contributed by atoms with Crippen molar-refractivity contribution in [1.82, 2.24) is 0 Å². The Morgan fingerprint density at radius 3 is 2.22 bits per heavy atom. The van der Waals surface area contributed by atoms with E-state index >= 15 is 0 Å². The molecule has 1 aromatic rings. The van der Waals surface area contributed by atoms with Gasteiger partial charge in [-0.2, -0.15) is 0 Å². The lowest BCUT2D eigenvalue weighted by atomic mass is 9.93. The average Bonchev–Trinajstić information content (AvgIpc) is 2.30. The predicted octanol–water partition coefficient (Wildman–Crippen LogP) is 2.81. The van der Waals surface area contributed by atoms with Crippen molar-refractivity contribution in [2.24, 2.45) is 0 Å². The molecule has 0 heterocycles. The molecule has 1 aromatic carbocycles. The third-order valence-corrected chi connectivity index (χ3v) is 2.91. The van der Waals surface area contributed by atoms with Gasteiger partial charge in [-0.25, -0.2) is 0 Å². The Morgan fingerprint density at radius 1 is 1.11 bits per heavy atom. The summed E-state index contributed by atoms with van der Waals surface area (Å²) in [6.07, 6.45) is 1.70. The van der Waals surface area contributed by atoms with Gasteiger partial charge in [-0.3, -0.25) is 9.59 Å². The summed E-state index contributed by atoms with van der Waals surface area (Å²) in [7, 11) is 0. The summed E-state index contributed by atoms with van der Waals surface area (Å²) in [4.78, 5) is 21.6. The van der Waals surface area contributed by atoms with E-state index in [-0.39, 0.29) is 6.42 Å². The lowest BCUT2D eigenvalue weighted by Gasteiger charge is -2.12. The standard InChI is InChI=1S/C14H18O4/c1-10-6-8-11(9-7-10)12(14(17)18)4-2-3-5-13(15)16/h6-9,12H,2-5H2,1H3,(H,15,16)(H,17,18). The van der Waals surface area contributed by atoms with Gasteiger partial charge >= 0.3 is 11.9 Å². The Balaban J connectivity index is 2.57. The maximum Gasteiger partial charge on any atom is 0.310 e. The van der Waals surface area contributed by atoms with Crippen molar-refractivity contribution in [3.8, 4) is 0 Å². The van der Waals surface area contributed by atoms with Crippen LogP contribution < -0.4 is 0 Å². The molecule has 0 fully saturated rings. The van der Waals surface area contributed by atoms with E-state index in [0.29, 0.717) is 19.3 Å². The molecule has 98 valence electrons. The lowest BCUT2D eigenvalue weighted by molar-refractivity contribution is -0.139. The van der Waals surface area contributed by atoms with Gasteiger partial charge in [0.1, 0.15) is 0 Å². The van der Waals surface area contributed by atoms with E-state index in [1.165, 1.54) is 0 Å². The fourth-order valence-corrected chi connectivity index (χ4v) is 1.86. The minimum absolute atomic E-state index is 0.0975. The minimum Gasteiger partial charge on any atom is -0.481 e. The molecule has 0 amide bonds. The summed E-state index contributed by atoms with van der Waals surface area (Å²) in [6, 6.07) is 7.43. The van der Waals surface area contributed by atoms with Crippen LogP contribution in [0.1, 0.15) is 42.7 Å². The quantitative estimate of drug-likeness (QED) is 0.730. The second kappa shape index (κ2) is 6.79. The number of aryl methyl sites for hydroxylation is 1. The highest BCUT2D eigenvalue weighted by Gasteiger charge is 2.19. The van der Waals surface area contributed by atoms with Crippen molar-refractivity contribution in [2.45, 2.75) is 38.5 Å². The van der Waals surface area contributed by atoms with E-state index in [0.717, 1.165) is 11.1 Å². The Labute approximate surface area is 106 Å². The Hall–Kier alpha value is -1.84. The Bertz CT molecular complexity index is 408. The second-order valence-electron chi connectivity index (χ2n) is 4.44. The zero-order chi connectivity index (χ0) is 13.5. The summed E-state index contributed by atoms with van der Waals surface area (Å²) >= 11 is 0. The molecule has 2 N–H and O–H groups in total.